The lowest BCUT2D eigenvalue weighted by atomic mass is 10.2. The first-order valence-electron chi connectivity index (χ1n) is 7.57. The van der Waals surface area contributed by atoms with Crippen LogP contribution in [0.25, 0.3) is 0 Å². The van der Waals surface area contributed by atoms with Crippen LogP contribution in [0.5, 0.6) is 0 Å². The highest BCUT2D eigenvalue weighted by Crippen LogP contribution is 2.19. The molecule has 0 saturated heterocycles. The number of nitrogens with one attached hydrogen (secondary N) is 3. The van der Waals surface area contributed by atoms with E-state index < -0.39 is 6.03 Å². The number of aryl methyl sites for hydroxylation is 1. The predicted octanol–water partition coefficient (Wildman–Crippen LogP) is 4.35. The van der Waals surface area contributed by atoms with Gasteiger partial charge in [-0.05, 0) is 30.7 Å². The number of amides is 3. The maximum atomic E-state index is 12.3. The van der Waals surface area contributed by atoms with Gasteiger partial charge in [0.1, 0.15) is 5.69 Å². The molecule has 7 heteroatoms. The molecule has 3 N–H and O–H groups in total. The molecule has 0 aliphatic rings. The van der Waals surface area contributed by atoms with Gasteiger partial charge in [0.2, 0.25) is 0 Å². The summed E-state index contributed by atoms with van der Waals surface area (Å²) < 4.78 is 0. The summed E-state index contributed by atoms with van der Waals surface area (Å²) in [6.07, 6.45) is 0. The Hall–Kier alpha value is -3.19. The Bertz CT molecular complexity index is 893. The number of thiazole rings is 1. The number of hydrogen-bond acceptors (Lipinski definition) is 4. The zero-order chi connectivity index (χ0) is 17.6. The zero-order valence-corrected chi connectivity index (χ0v) is 14.3. The summed E-state index contributed by atoms with van der Waals surface area (Å²) in [5.41, 5.74) is 2.63. The molecule has 0 aliphatic carbocycles. The van der Waals surface area contributed by atoms with Crippen molar-refractivity contribution in [2.45, 2.75) is 6.92 Å². The quantitative estimate of drug-likeness (QED) is 0.653. The first-order valence-corrected chi connectivity index (χ1v) is 8.45. The van der Waals surface area contributed by atoms with Crippen molar-refractivity contribution in [3.8, 4) is 0 Å². The molecule has 0 bridgehead atoms. The van der Waals surface area contributed by atoms with Crippen molar-refractivity contribution in [1.82, 2.24) is 4.98 Å². The molecule has 3 aromatic rings. The minimum absolute atomic E-state index is 0.253. The van der Waals surface area contributed by atoms with E-state index in [1.807, 2.05) is 49.4 Å². The maximum Gasteiger partial charge on any atom is 0.325 e. The Morgan fingerprint density at radius 1 is 0.920 bits per heavy atom. The standard InChI is InChI=1S/C18H16N4O2S/c1-12-7-5-6-10-14(12)20-16(23)15-11-25-18(21-15)22-17(24)19-13-8-3-2-4-9-13/h2-11H,1H3,(H,20,23)(H2,19,21,22,24). The summed E-state index contributed by atoms with van der Waals surface area (Å²) in [5, 5.41) is 10.1. The second kappa shape index (κ2) is 7.59. The Balaban J connectivity index is 1.61. The summed E-state index contributed by atoms with van der Waals surface area (Å²) in [5.74, 6) is -0.318. The van der Waals surface area contributed by atoms with Crippen molar-refractivity contribution < 1.29 is 9.59 Å². The smallest absolute Gasteiger partial charge is 0.320 e. The monoisotopic (exact) mass is 352 g/mol. The van der Waals surface area contributed by atoms with E-state index in [1.165, 1.54) is 11.3 Å². The molecule has 126 valence electrons. The van der Waals surface area contributed by atoms with Crippen LogP contribution in [0, 0.1) is 6.92 Å². The van der Waals surface area contributed by atoms with Crippen LogP contribution in [0.2, 0.25) is 0 Å². The summed E-state index contributed by atoms with van der Waals surface area (Å²) in [6.45, 7) is 1.91. The molecule has 0 radical (unpaired) electrons. The molecular weight excluding hydrogens is 336 g/mol. The molecule has 0 atom stereocenters. The van der Waals surface area contributed by atoms with Crippen LogP contribution in [0.15, 0.2) is 60.0 Å². The fourth-order valence-corrected chi connectivity index (χ4v) is 2.80. The molecule has 0 aliphatic heterocycles. The van der Waals surface area contributed by atoms with E-state index in [-0.39, 0.29) is 11.6 Å². The fourth-order valence-electron chi connectivity index (χ4n) is 2.12. The van der Waals surface area contributed by atoms with Gasteiger partial charge in [-0.25, -0.2) is 9.78 Å². The molecule has 0 fully saturated rings. The predicted molar refractivity (Wildman–Crippen MR) is 100 cm³/mol. The van der Waals surface area contributed by atoms with E-state index in [1.54, 1.807) is 17.5 Å². The third-order valence-corrected chi connectivity index (χ3v) is 4.14. The molecule has 3 rings (SSSR count). The van der Waals surface area contributed by atoms with Crippen LogP contribution >= 0.6 is 11.3 Å². The van der Waals surface area contributed by atoms with E-state index in [0.29, 0.717) is 10.8 Å². The lowest BCUT2D eigenvalue weighted by Crippen LogP contribution is -2.19. The summed E-state index contributed by atoms with van der Waals surface area (Å²) in [7, 11) is 0. The Labute approximate surface area is 148 Å². The van der Waals surface area contributed by atoms with E-state index in [4.69, 9.17) is 0 Å². The van der Waals surface area contributed by atoms with Gasteiger partial charge in [-0.15, -0.1) is 11.3 Å². The van der Waals surface area contributed by atoms with Crippen LogP contribution in [0.3, 0.4) is 0 Å². The van der Waals surface area contributed by atoms with Gasteiger partial charge in [0.25, 0.3) is 5.91 Å². The highest BCUT2D eigenvalue weighted by molar-refractivity contribution is 7.14. The fraction of sp³-hybridized carbons (Fsp3) is 0.0556. The van der Waals surface area contributed by atoms with Crippen molar-refractivity contribution in [2.24, 2.45) is 0 Å². The minimum atomic E-state index is -0.411. The van der Waals surface area contributed by atoms with Gasteiger partial charge in [-0.3, -0.25) is 10.1 Å². The summed E-state index contributed by atoms with van der Waals surface area (Å²) in [4.78, 5) is 28.4. The second-order valence-electron chi connectivity index (χ2n) is 5.25. The van der Waals surface area contributed by atoms with Crippen molar-refractivity contribution in [1.29, 1.82) is 0 Å². The molecule has 0 saturated carbocycles. The van der Waals surface area contributed by atoms with Crippen molar-refractivity contribution in [2.75, 3.05) is 16.0 Å². The molecule has 25 heavy (non-hydrogen) atoms. The van der Waals surface area contributed by atoms with E-state index in [0.717, 1.165) is 11.3 Å². The van der Waals surface area contributed by atoms with Crippen LogP contribution in [-0.2, 0) is 0 Å². The average molecular weight is 352 g/mol. The van der Waals surface area contributed by atoms with Crippen molar-refractivity contribution in [3.63, 3.8) is 0 Å². The normalized spacial score (nSPS) is 10.1. The van der Waals surface area contributed by atoms with Crippen LogP contribution in [0.4, 0.5) is 21.3 Å². The largest absolute Gasteiger partial charge is 0.325 e. The molecule has 6 nitrogen and oxygen atoms in total. The van der Waals surface area contributed by atoms with Gasteiger partial charge in [-0.1, -0.05) is 36.4 Å². The molecule has 1 aromatic heterocycles. The van der Waals surface area contributed by atoms with Crippen LogP contribution in [-0.4, -0.2) is 16.9 Å². The minimum Gasteiger partial charge on any atom is -0.320 e. The third kappa shape index (κ3) is 4.42. The molecule has 3 amide bonds. The Morgan fingerprint density at radius 2 is 1.64 bits per heavy atom. The van der Waals surface area contributed by atoms with Gasteiger partial charge in [-0.2, -0.15) is 0 Å². The first-order chi connectivity index (χ1) is 12.1. The maximum absolute atomic E-state index is 12.3. The van der Waals surface area contributed by atoms with Gasteiger partial charge in [0, 0.05) is 16.8 Å². The SMILES string of the molecule is Cc1ccccc1NC(=O)c1csc(NC(=O)Nc2ccccc2)n1. The van der Waals surface area contributed by atoms with E-state index >= 15 is 0 Å². The van der Waals surface area contributed by atoms with Crippen LogP contribution < -0.4 is 16.0 Å². The lowest BCUT2D eigenvalue weighted by molar-refractivity contribution is 0.102. The first kappa shape index (κ1) is 16.7. The highest BCUT2D eigenvalue weighted by Gasteiger charge is 2.13. The van der Waals surface area contributed by atoms with E-state index in [9.17, 15) is 9.59 Å². The number of aromatic nitrogens is 1. The molecule has 1 heterocycles. The molecular formula is C18H16N4O2S. The summed E-state index contributed by atoms with van der Waals surface area (Å²) in [6, 6.07) is 16.2. The van der Waals surface area contributed by atoms with Gasteiger partial charge in [0.15, 0.2) is 5.13 Å². The number of benzene rings is 2. The topological polar surface area (TPSA) is 83.1 Å². The highest BCUT2D eigenvalue weighted by atomic mass is 32.1. The van der Waals surface area contributed by atoms with Gasteiger partial charge >= 0.3 is 6.03 Å². The number of nitrogens with zero attached hydrogens (tertiary/aromatic N) is 1. The number of carbonyl (C=O) groups excluding carboxylic acids is 2. The number of anilines is 3. The lowest BCUT2D eigenvalue weighted by Gasteiger charge is -2.06. The number of hydrogen-bond donors (Lipinski definition) is 3. The van der Waals surface area contributed by atoms with Gasteiger partial charge in [0.05, 0.1) is 0 Å². The summed E-state index contributed by atoms with van der Waals surface area (Å²) >= 11 is 1.19. The Kier molecular flexibility index (Phi) is 5.06. The number of urea groups is 1. The zero-order valence-electron chi connectivity index (χ0n) is 13.4. The number of carbonyl (C=O) groups is 2. The number of para-hydroxylation sites is 2. The third-order valence-electron chi connectivity index (χ3n) is 3.38. The molecule has 0 spiro atoms. The molecule has 0 unspecified atom stereocenters. The second-order valence-corrected chi connectivity index (χ2v) is 6.11. The van der Waals surface area contributed by atoms with E-state index in [2.05, 4.69) is 20.9 Å². The number of rotatable bonds is 4. The van der Waals surface area contributed by atoms with Crippen molar-refractivity contribution >= 4 is 39.8 Å². The van der Waals surface area contributed by atoms with Crippen molar-refractivity contribution in [3.05, 3.63) is 71.2 Å². The van der Waals surface area contributed by atoms with Crippen LogP contribution in [0.1, 0.15) is 16.1 Å². The molecule has 2 aromatic carbocycles. The van der Waals surface area contributed by atoms with Gasteiger partial charge < -0.3 is 10.6 Å². The Morgan fingerprint density at radius 3 is 2.40 bits per heavy atom. The average Bonchev–Trinajstić information content (AvgIpc) is 3.06.